The van der Waals surface area contributed by atoms with Crippen LogP contribution in [0.2, 0.25) is 0 Å². The standard InChI is InChI=1S/C19H18N2O6S/c1-11-4-7-15(8-5-11)28(25,26)20-19-16-10-14(21(23)24)6-9-17(16)27-13(3)18(19)12(2)22/h4-10,19-20H,1-3H3. The van der Waals surface area contributed by atoms with Crippen molar-refractivity contribution in [1.82, 2.24) is 4.72 Å². The first-order valence-electron chi connectivity index (χ1n) is 8.37. The molecule has 146 valence electrons. The first-order chi connectivity index (χ1) is 13.1. The number of carbonyl (C=O) groups excluding carboxylic acids is 1. The topological polar surface area (TPSA) is 116 Å². The molecule has 0 saturated carbocycles. The Labute approximate surface area is 162 Å². The number of ketones is 1. The average Bonchev–Trinajstić information content (AvgIpc) is 2.61. The van der Waals surface area contributed by atoms with Gasteiger partial charge in [0.15, 0.2) is 5.78 Å². The van der Waals surface area contributed by atoms with Crippen molar-refractivity contribution >= 4 is 21.5 Å². The second-order valence-electron chi connectivity index (χ2n) is 6.47. The van der Waals surface area contributed by atoms with Crippen LogP contribution in [-0.2, 0) is 14.8 Å². The smallest absolute Gasteiger partial charge is 0.270 e. The Morgan fingerprint density at radius 2 is 1.79 bits per heavy atom. The van der Waals surface area contributed by atoms with Crippen LogP contribution in [0.25, 0.3) is 0 Å². The molecule has 0 saturated heterocycles. The molecule has 1 aliphatic heterocycles. The molecular weight excluding hydrogens is 384 g/mol. The lowest BCUT2D eigenvalue weighted by atomic mass is 9.92. The number of Topliss-reactive ketones (excluding diaryl/α,β-unsaturated/α-hetero) is 1. The summed E-state index contributed by atoms with van der Waals surface area (Å²) < 4.78 is 33.9. The van der Waals surface area contributed by atoms with Gasteiger partial charge in [0.05, 0.1) is 21.4 Å². The lowest BCUT2D eigenvalue weighted by molar-refractivity contribution is -0.385. The molecule has 1 N–H and O–H groups in total. The van der Waals surface area contributed by atoms with E-state index in [1.54, 1.807) is 19.1 Å². The van der Waals surface area contributed by atoms with Crippen molar-refractivity contribution in [2.45, 2.75) is 31.7 Å². The van der Waals surface area contributed by atoms with Crippen LogP contribution in [0.4, 0.5) is 5.69 Å². The van der Waals surface area contributed by atoms with Crippen molar-refractivity contribution in [3.8, 4) is 5.75 Å². The Bertz CT molecular complexity index is 1100. The van der Waals surface area contributed by atoms with Crippen LogP contribution in [0.5, 0.6) is 5.75 Å². The highest BCUT2D eigenvalue weighted by molar-refractivity contribution is 7.89. The molecule has 0 aromatic heterocycles. The number of non-ortho nitro benzene ring substituents is 1. The van der Waals surface area contributed by atoms with E-state index in [0.29, 0.717) is 0 Å². The largest absolute Gasteiger partial charge is 0.461 e. The molecule has 0 aliphatic carbocycles. The van der Waals surface area contributed by atoms with Crippen LogP contribution in [0.3, 0.4) is 0 Å². The fourth-order valence-corrected chi connectivity index (χ4v) is 4.25. The van der Waals surface area contributed by atoms with Gasteiger partial charge >= 0.3 is 0 Å². The summed E-state index contributed by atoms with van der Waals surface area (Å²) in [6, 6.07) is 8.98. The minimum Gasteiger partial charge on any atom is -0.461 e. The molecule has 0 amide bonds. The Morgan fingerprint density at radius 3 is 2.36 bits per heavy atom. The first kappa shape index (κ1) is 19.7. The molecule has 8 nitrogen and oxygen atoms in total. The quantitative estimate of drug-likeness (QED) is 0.607. The van der Waals surface area contributed by atoms with E-state index in [1.165, 1.54) is 37.3 Å². The summed E-state index contributed by atoms with van der Waals surface area (Å²) in [5, 5.41) is 11.2. The summed E-state index contributed by atoms with van der Waals surface area (Å²) in [4.78, 5) is 22.8. The van der Waals surface area contributed by atoms with E-state index in [1.807, 2.05) is 6.92 Å². The molecular formula is C19H18N2O6S. The van der Waals surface area contributed by atoms with E-state index < -0.39 is 26.8 Å². The minimum absolute atomic E-state index is 0.0251. The molecule has 1 heterocycles. The number of hydrogen-bond donors (Lipinski definition) is 1. The SMILES string of the molecule is CC(=O)C1=C(C)Oc2ccc([N+](=O)[O-])cc2C1NS(=O)(=O)c1ccc(C)cc1. The number of nitro groups is 1. The number of ether oxygens (including phenoxy) is 1. The minimum atomic E-state index is -4.00. The van der Waals surface area contributed by atoms with E-state index in [2.05, 4.69) is 4.72 Å². The van der Waals surface area contributed by atoms with Gasteiger partial charge in [-0.2, -0.15) is 4.72 Å². The van der Waals surface area contributed by atoms with Crippen molar-refractivity contribution in [1.29, 1.82) is 0 Å². The van der Waals surface area contributed by atoms with Gasteiger partial charge in [-0.15, -0.1) is 0 Å². The predicted octanol–water partition coefficient (Wildman–Crippen LogP) is 3.18. The number of hydrogen-bond acceptors (Lipinski definition) is 6. The van der Waals surface area contributed by atoms with Crippen LogP contribution < -0.4 is 9.46 Å². The van der Waals surface area contributed by atoms with Gasteiger partial charge in [0.25, 0.3) is 5.69 Å². The summed E-state index contributed by atoms with van der Waals surface area (Å²) >= 11 is 0. The Morgan fingerprint density at radius 1 is 1.14 bits per heavy atom. The number of fused-ring (bicyclic) bond motifs is 1. The molecule has 2 aromatic carbocycles. The molecule has 9 heteroatoms. The summed E-state index contributed by atoms with van der Waals surface area (Å²) in [7, 11) is -4.00. The number of aryl methyl sites for hydroxylation is 1. The number of nitro benzene ring substituents is 1. The Hall–Kier alpha value is -3.04. The Kier molecular flexibility index (Phi) is 5.05. The van der Waals surface area contributed by atoms with Gasteiger partial charge in [-0.05, 0) is 39.0 Å². The molecule has 2 aromatic rings. The van der Waals surface area contributed by atoms with Crippen LogP contribution >= 0.6 is 0 Å². The van der Waals surface area contributed by atoms with Crippen molar-refractivity contribution in [3.05, 3.63) is 75.0 Å². The van der Waals surface area contributed by atoms with Crippen molar-refractivity contribution < 1.29 is 22.9 Å². The monoisotopic (exact) mass is 402 g/mol. The Balaban J connectivity index is 2.13. The number of benzene rings is 2. The number of sulfonamides is 1. The molecule has 0 fully saturated rings. The highest BCUT2D eigenvalue weighted by Gasteiger charge is 2.35. The van der Waals surface area contributed by atoms with Gasteiger partial charge in [-0.25, -0.2) is 8.42 Å². The molecule has 3 rings (SSSR count). The highest BCUT2D eigenvalue weighted by atomic mass is 32.2. The van der Waals surface area contributed by atoms with E-state index in [0.717, 1.165) is 5.56 Å². The average molecular weight is 402 g/mol. The van der Waals surface area contributed by atoms with Crippen LogP contribution in [0.1, 0.15) is 31.0 Å². The van der Waals surface area contributed by atoms with Crippen LogP contribution in [0.15, 0.2) is 58.7 Å². The maximum atomic E-state index is 12.9. The van der Waals surface area contributed by atoms with Gasteiger partial charge in [0.1, 0.15) is 11.5 Å². The molecule has 0 spiro atoms. The molecule has 28 heavy (non-hydrogen) atoms. The fourth-order valence-electron chi connectivity index (χ4n) is 3.06. The highest BCUT2D eigenvalue weighted by Crippen LogP contribution is 2.40. The van der Waals surface area contributed by atoms with Gasteiger partial charge in [-0.1, -0.05) is 17.7 Å². The van der Waals surface area contributed by atoms with Crippen molar-refractivity contribution in [3.63, 3.8) is 0 Å². The van der Waals surface area contributed by atoms with E-state index in [4.69, 9.17) is 4.74 Å². The summed E-state index contributed by atoms with van der Waals surface area (Å²) in [6.07, 6.45) is 0. The number of rotatable bonds is 5. The van der Waals surface area contributed by atoms with E-state index in [9.17, 15) is 23.3 Å². The molecule has 0 bridgehead atoms. The van der Waals surface area contributed by atoms with Crippen LogP contribution in [0, 0.1) is 17.0 Å². The molecule has 0 radical (unpaired) electrons. The summed E-state index contributed by atoms with van der Waals surface area (Å²) in [6.45, 7) is 4.67. The molecule has 1 unspecified atom stereocenters. The molecule has 1 atom stereocenters. The zero-order chi connectivity index (χ0) is 20.6. The van der Waals surface area contributed by atoms with Crippen molar-refractivity contribution in [2.24, 2.45) is 0 Å². The molecule has 1 aliphatic rings. The lowest BCUT2D eigenvalue weighted by Gasteiger charge is -2.28. The number of nitrogens with zero attached hydrogens (tertiary/aromatic N) is 1. The maximum absolute atomic E-state index is 12.9. The third-order valence-corrected chi connectivity index (χ3v) is 5.87. The summed E-state index contributed by atoms with van der Waals surface area (Å²) in [5.41, 5.74) is 0.972. The van der Waals surface area contributed by atoms with Gasteiger partial charge < -0.3 is 4.74 Å². The second-order valence-corrected chi connectivity index (χ2v) is 8.19. The van der Waals surface area contributed by atoms with Gasteiger partial charge in [0.2, 0.25) is 10.0 Å². The van der Waals surface area contributed by atoms with Gasteiger partial charge in [0, 0.05) is 17.7 Å². The summed E-state index contributed by atoms with van der Waals surface area (Å²) in [5.74, 6) is 0.0985. The maximum Gasteiger partial charge on any atom is 0.270 e. The lowest BCUT2D eigenvalue weighted by Crippen LogP contribution is -2.34. The fraction of sp³-hybridized carbons (Fsp3) is 0.211. The second kappa shape index (κ2) is 7.17. The number of carbonyl (C=O) groups is 1. The number of nitrogens with one attached hydrogen (secondary N) is 1. The van der Waals surface area contributed by atoms with Crippen LogP contribution in [-0.4, -0.2) is 19.1 Å². The third kappa shape index (κ3) is 3.67. The zero-order valence-corrected chi connectivity index (χ0v) is 16.2. The predicted molar refractivity (Wildman–Crippen MR) is 101 cm³/mol. The third-order valence-electron chi connectivity index (χ3n) is 4.43. The van der Waals surface area contributed by atoms with E-state index in [-0.39, 0.29) is 33.2 Å². The van der Waals surface area contributed by atoms with E-state index >= 15 is 0 Å². The van der Waals surface area contributed by atoms with Gasteiger partial charge in [-0.3, -0.25) is 14.9 Å². The number of allylic oxidation sites excluding steroid dienone is 1. The van der Waals surface area contributed by atoms with Crippen molar-refractivity contribution in [2.75, 3.05) is 0 Å². The normalized spacial score (nSPS) is 16.3. The first-order valence-corrected chi connectivity index (χ1v) is 9.85. The zero-order valence-electron chi connectivity index (χ0n) is 15.4.